The van der Waals surface area contributed by atoms with Gasteiger partial charge in [0.25, 0.3) is 0 Å². The summed E-state index contributed by atoms with van der Waals surface area (Å²) in [6.07, 6.45) is 0. The Labute approximate surface area is 161 Å². The minimum atomic E-state index is -0.692. The summed E-state index contributed by atoms with van der Waals surface area (Å²) in [6.45, 7) is 1.94. The maximum atomic E-state index is 12.7. The Kier molecular flexibility index (Phi) is 5.48. The molecule has 3 amide bonds. The van der Waals surface area contributed by atoms with Crippen LogP contribution in [0, 0.1) is 18.3 Å². The van der Waals surface area contributed by atoms with E-state index >= 15 is 0 Å². The Hall–Kier alpha value is -3.24. The average molecular weight is 378 g/mol. The molecule has 0 saturated carbocycles. The van der Waals surface area contributed by atoms with Gasteiger partial charge in [0.15, 0.2) is 0 Å². The van der Waals surface area contributed by atoms with Crippen LogP contribution in [0.2, 0.25) is 0 Å². The van der Waals surface area contributed by atoms with Gasteiger partial charge < -0.3 is 11.1 Å². The van der Waals surface area contributed by atoms with Crippen LogP contribution in [0.25, 0.3) is 0 Å². The lowest BCUT2D eigenvalue weighted by molar-refractivity contribution is -0.119. The third-order valence-corrected chi connectivity index (χ3v) is 5.40. The topological polar surface area (TPSA) is 108 Å². The van der Waals surface area contributed by atoms with Crippen LogP contribution in [0.1, 0.15) is 17.0 Å². The number of thioether (sulfide) groups is 1. The second-order valence-corrected chi connectivity index (χ2v) is 7.31. The maximum Gasteiger partial charge on any atom is 0.325 e. The van der Waals surface area contributed by atoms with Crippen molar-refractivity contribution in [2.24, 2.45) is 5.73 Å². The minimum Gasteiger partial charge on any atom is -0.393 e. The van der Waals surface area contributed by atoms with Gasteiger partial charge in [-0.05, 0) is 24.6 Å². The Morgan fingerprint density at radius 1 is 1.15 bits per heavy atom. The molecule has 2 atom stereocenters. The Morgan fingerprint density at radius 3 is 2.56 bits per heavy atom. The maximum absolute atomic E-state index is 12.7. The zero-order valence-corrected chi connectivity index (χ0v) is 15.4. The van der Waals surface area contributed by atoms with Gasteiger partial charge in [0.1, 0.15) is 5.25 Å². The summed E-state index contributed by atoms with van der Waals surface area (Å²) in [5.74, 6) is -0.988. The predicted molar refractivity (Wildman–Crippen MR) is 106 cm³/mol. The van der Waals surface area contributed by atoms with Crippen molar-refractivity contribution in [3.8, 4) is 6.07 Å². The summed E-state index contributed by atoms with van der Waals surface area (Å²) in [5.41, 5.74) is 8.75. The van der Waals surface area contributed by atoms with E-state index in [1.54, 1.807) is 24.3 Å². The molecular formula is C20H18N4O2S. The monoisotopic (exact) mass is 378 g/mol. The molecule has 0 aromatic heterocycles. The van der Waals surface area contributed by atoms with Crippen molar-refractivity contribution < 1.29 is 9.59 Å². The van der Waals surface area contributed by atoms with Gasteiger partial charge >= 0.3 is 6.03 Å². The van der Waals surface area contributed by atoms with Crippen molar-refractivity contribution in [3.05, 3.63) is 76.3 Å². The zero-order valence-electron chi connectivity index (χ0n) is 14.6. The molecule has 0 radical (unpaired) electrons. The highest BCUT2D eigenvalue weighted by atomic mass is 32.2. The molecule has 1 aliphatic heterocycles. The van der Waals surface area contributed by atoms with Gasteiger partial charge in [-0.15, -0.1) is 0 Å². The number of amides is 3. The number of benzene rings is 2. The number of carbonyl (C=O) groups is 2. The normalized spacial score (nSPS) is 18.7. The molecule has 1 aliphatic rings. The SMILES string of the molecule is Cc1cccc(C2C(C#N)=C(N)SC2C(=O)NC(=O)Nc2ccccc2)c1. The van der Waals surface area contributed by atoms with E-state index in [-0.39, 0.29) is 0 Å². The fourth-order valence-corrected chi connectivity index (χ4v) is 4.14. The van der Waals surface area contributed by atoms with Gasteiger partial charge in [0, 0.05) is 11.6 Å². The van der Waals surface area contributed by atoms with Gasteiger partial charge in [0.2, 0.25) is 5.91 Å². The number of imide groups is 1. The lowest BCUT2D eigenvalue weighted by Crippen LogP contribution is -2.41. The van der Waals surface area contributed by atoms with Gasteiger partial charge in [0.05, 0.1) is 16.7 Å². The van der Waals surface area contributed by atoms with E-state index in [4.69, 9.17) is 5.73 Å². The van der Waals surface area contributed by atoms with Crippen LogP contribution >= 0.6 is 11.8 Å². The van der Waals surface area contributed by atoms with E-state index in [0.29, 0.717) is 16.3 Å². The molecule has 2 unspecified atom stereocenters. The van der Waals surface area contributed by atoms with E-state index < -0.39 is 23.1 Å². The van der Waals surface area contributed by atoms with Crippen LogP contribution in [0.5, 0.6) is 0 Å². The van der Waals surface area contributed by atoms with E-state index in [2.05, 4.69) is 16.7 Å². The van der Waals surface area contributed by atoms with Crippen molar-refractivity contribution >= 4 is 29.4 Å². The summed E-state index contributed by atoms with van der Waals surface area (Å²) in [7, 11) is 0. The van der Waals surface area contributed by atoms with Crippen molar-refractivity contribution in [2.45, 2.75) is 18.1 Å². The molecule has 0 fully saturated rings. The van der Waals surface area contributed by atoms with Crippen LogP contribution in [0.3, 0.4) is 0 Å². The van der Waals surface area contributed by atoms with E-state index in [1.165, 1.54) is 0 Å². The first kappa shape index (κ1) is 18.5. The molecule has 1 heterocycles. The summed E-state index contributed by atoms with van der Waals surface area (Å²) in [4.78, 5) is 24.9. The van der Waals surface area contributed by atoms with Crippen molar-refractivity contribution in [1.82, 2.24) is 5.32 Å². The van der Waals surface area contributed by atoms with Crippen LogP contribution < -0.4 is 16.4 Å². The number of rotatable bonds is 3. The number of para-hydroxylation sites is 1. The number of nitrogens with one attached hydrogen (secondary N) is 2. The number of nitriles is 1. The zero-order chi connectivity index (χ0) is 19.4. The summed E-state index contributed by atoms with van der Waals surface area (Å²) in [5, 5.41) is 14.1. The van der Waals surface area contributed by atoms with Crippen LogP contribution in [-0.2, 0) is 4.79 Å². The van der Waals surface area contributed by atoms with Crippen molar-refractivity contribution in [1.29, 1.82) is 5.26 Å². The average Bonchev–Trinajstić information content (AvgIpc) is 2.99. The van der Waals surface area contributed by atoms with Crippen molar-refractivity contribution in [2.75, 3.05) is 5.32 Å². The summed E-state index contributed by atoms with van der Waals surface area (Å²) >= 11 is 1.11. The molecule has 2 aromatic carbocycles. The number of allylic oxidation sites excluding steroid dienone is 1. The van der Waals surface area contributed by atoms with Gasteiger partial charge in [-0.25, -0.2) is 4.79 Å². The number of aryl methyl sites for hydroxylation is 1. The van der Waals surface area contributed by atoms with Gasteiger partial charge in [-0.3, -0.25) is 10.1 Å². The number of nitrogens with two attached hydrogens (primary N) is 1. The predicted octanol–water partition coefficient (Wildman–Crippen LogP) is 3.24. The van der Waals surface area contributed by atoms with Crippen LogP contribution in [-0.4, -0.2) is 17.2 Å². The highest BCUT2D eigenvalue weighted by molar-refractivity contribution is 8.04. The first-order valence-electron chi connectivity index (χ1n) is 8.29. The fourth-order valence-electron chi connectivity index (χ4n) is 2.97. The Balaban J connectivity index is 1.79. The quantitative estimate of drug-likeness (QED) is 0.760. The lowest BCUT2D eigenvalue weighted by atomic mass is 9.88. The van der Waals surface area contributed by atoms with Crippen molar-refractivity contribution in [3.63, 3.8) is 0 Å². The fraction of sp³-hybridized carbons (Fsp3) is 0.150. The highest BCUT2D eigenvalue weighted by Gasteiger charge is 2.41. The number of nitrogens with zero attached hydrogens (tertiary/aromatic N) is 1. The third-order valence-electron chi connectivity index (χ3n) is 4.18. The molecule has 136 valence electrons. The number of carbonyl (C=O) groups excluding carboxylic acids is 2. The largest absolute Gasteiger partial charge is 0.393 e. The standard InChI is InChI=1S/C20H18N4O2S/c1-12-6-5-7-13(10-12)16-15(11-21)18(22)27-17(16)19(25)24-20(26)23-14-8-3-2-4-9-14/h2-10,16-17H,22H2,1H3,(H2,23,24,25,26). The molecule has 0 bridgehead atoms. The molecule has 3 rings (SSSR count). The number of anilines is 1. The molecule has 0 spiro atoms. The Morgan fingerprint density at radius 2 is 1.89 bits per heavy atom. The molecule has 0 aliphatic carbocycles. The number of hydrogen-bond acceptors (Lipinski definition) is 5. The molecule has 0 saturated heterocycles. The van der Waals surface area contributed by atoms with Crippen LogP contribution in [0.4, 0.5) is 10.5 Å². The van der Waals surface area contributed by atoms with Gasteiger partial charge in [-0.1, -0.05) is 59.8 Å². The first-order chi connectivity index (χ1) is 13.0. The first-order valence-corrected chi connectivity index (χ1v) is 9.17. The molecule has 7 heteroatoms. The second kappa shape index (κ2) is 7.98. The second-order valence-electron chi connectivity index (χ2n) is 6.13. The van der Waals surface area contributed by atoms with Gasteiger partial charge in [-0.2, -0.15) is 5.26 Å². The van der Waals surface area contributed by atoms with E-state index in [1.807, 2.05) is 37.3 Å². The molecular weight excluding hydrogens is 360 g/mol. The molecule has 6 nitrogen and oxygen atoms in total. The molecule has 4 N–H and O–H groups in total. The number of urea groups is 1. The molecule has 2 aromatic rings. The highest BCUT2D eigenvalue weighted by Crippen LogP contribution is 2.45. The summed E-state index contributed by atoms with van der Waals surface area (Å²) < 4.78 is 0. The summed E-state index contributed by atoms with van der Waals surface area (Å²) in [6, 6.07) is 17.9. The van der Waals surface area contributed by atoms with E-state index in [0.717, 1.165) is 22.9 Å². The van der Waals surface area contributed by atoms with E-state index in [9.17, 15) is 14.9 Å². The third kappa shape index (κ3) is 4.13. The minimum absolute atomic E-state index is 0.313. The van der Waals surface area contributed by atoms with Crippen LogP contribution in [0.15, 0.2) is 65.2 Å². The molecule has 27 heavy (non-hydrogen) atoms. The smallest absolute Gasteiger partial charge is 0.325 e. The lowest BCUT2D eigenvalue weighted by Gasteiger charge is -2.19. The Bertz CT molecular complexity index is 950. The number of hydrogen-bond donors (Lipinski definition) is 3.